The van der Waals surface area contributed by atoms with E-state index in [1.807, 2.05) is 25.1 Å². The number of benzene rings is 1. The number of halogens is 1. The molecule has 8 heteroatoms. The summed E-state index contributed by atoms with van der Waals surface area (Å²) in [5.74, 6) is 2.20. The van der Waals surface area contributed by atoms with E-state index in [1.165, 1.54) is 0 Å². The van der Waals surface area contributed by atoms with Crippen molar-refractivity contribution in [2.24, 2.45) is 4.99 Å². The Bertz CT molecular complexity index is 706. The molecule has 0 bridgehead atoms. The van der Waals surface area contributed by atoms with Crippen LogP contribution in [0.4, 0.5) is 0 Å². The van der Waals surface area contributed by atoms with Gasteiger partial charge in [-0.25, -0.2) is 9.98 Å². The number of methoxy groups -OCH3 is 2. The first kappa shape index (κ1) is 22.5. The third-order valence-corrected chi connectivity index (χ3v) is 4.59. The van der Waals surface area contributed by atoms with Crippen LogP contribution in [0.3, 0.4) is 0 Å². The van der Waals surface area contributed by atoms with Gasteiger partial charge in [0.05, 0.1) is 38.0 Å². The molecular weight excluding hydrogens is 463 g/mol. The van der Waals surface area contributed by atoms with Gasteiger partial charge in [0.1, 0.15) is 0 Å². The Labute approximate surface area is 176 Å². The molecule has 0 aliphatic rings. The average molecular weight is 490 g/mol. The van der Waals surface area contributed by atoms with Crippen molar-refractivity contribution in [2.45, 2.75) is 33.4 Å². The maximum absolute atomic E-state index is 5.34. The lowest BCUT2D eigenvalue weighted by Crippen LogP contribution is -2.36. The molecule has 0 unspecified atom stereocenters. The first-order valence-electron chi connectivity index (χ1n) is 8.36. The number of nitrogens with one attached hydrogen (secondary N) is 2. The molecule has 1 aromatic heterocycles. The van der Waals surface area contributed by atoms with Gasteiger partial charge in [0.25, 0.3) is 0 Å². The SMILES string of the molecule is CCNC(=NCc1ccc(OC)c(OC)c1)NCc1csc(CC)n1.I. The van der Waals surface area contributed by atoms with Crippen molar-refractivity contribution in [3.05, 3.63) is 39.8 Å². The molecule has 0 aliphatic heterocycles. The Balaban J connectivity index is 0.00000338. The molecule has 0 saturated carbocycles. The summed E-state index contributed by atoms with van der Waals surface area (Å²) in [7, 11) is 3.26. The van der Waals surface area contributed by atoms with Gasteiger partial charge in [0, 0.05) is 11.9 Å². The first-order valence-corrected chi connectivity index (χ1v) is 9.24. The predicted octanol–water partition coefficient (Wildman–Crippen LogP) is 3.60. The van der Waals surface area contributed by atoms with Crippen molar-refractivity contribution in [1.82, 2.24) is 15.6 Å². The second-order valence-electron chi connectivity index (χ2n) is 5.32. The highest BCUT2D eigenvalue weighted by Gasteiger charge is 2.05. The largest absolute Gasteiger partial charge is 0.493 e. The molecule has 144 valence electrons. The molecule has 0 fully saturated rings. The third-order valence-electron chi connectivity index (χ3n) is 3.55. The Hall–Kier alpha value is -1.55. The number of aromatic nitrogens is 1. The van der Waals surface area contributed by atoms with E-state index in [9.17, 15) is 0 Å². The lowest BCUT2D eigenvalue weighted by molar-refractivity contribution is 0.354. The summed E-state index contributed by atoms with van der Waals surface area (Å²) < 4.78 is 10.6. The molecule has 2 N–H and O–H groups in total. The molecule has 0 amide bonds. The molecule has 0 radical (unpaired) electrons. The molecular formula is C18H27IN4O2S. The number of hydrogen-bond acceptors (Lipinski definition) is 5. The lowest BCUT2D eigenvalue weighted by Gasteiger charge is -2.11. The van der Waals surface area contributed by atoms with Gasteiger partial charge in [-0.3, -0.25) is 0 Å². The standard InChI is InChI=1S/C18H26N4O2S.HI/c1-5-17-22-14(12-25-17)11-21-18(19-6-2)20-10-13-7-8-15(23-3)16(9-13)24-4;/h7-9,12H,5-6,10-11H2,1-4H3,(H2,19,20,21);1H. The smallest absolute Gasteiger partial charge is 0.191 e. The number of nitrogens with zero attached hydrogens (tertiary/aromatic N) is 2. The van der Waals surface area contributed by atoms with E-state index in [2.05, 4.69) is 32.9 Å². The van der Waals surface area contributed by atoms with Crippen LogP contribution in [0.2, 0.25) is 0 Å². The minimum absolute atomic E-state index is 0. The average Bonchev–Trinajstić information content (AvgIpc) is 3.11. The summed E-state index contributed by atoms with van der Waals surface area (Å²) >= 11 is 1.70. The van der Waals surface area contributed by atoms with Crippen molar-refractivity contribution in [2.75, 3.05) is 20.8 Å². The number of rotatable bonds is 8. The summed E-state index contributed by atoms with van der Waals surface area (Å²) in [5.41, 5.74) is 2.09. The maximum atomic E-state index is 5.34. The molecule has 26 heavy (non-hydrogen) atoms. The Morgan fingerprint density at radius 1 is 1.15 bits per heavy atom. The van der Waals surface area contributed by atoms with E-state index in [0.29, 0.717) is 18.8 Å². The van der Waals surface area contributed by atoms with Gasteiger partial charge < -0.3 is 20.1 Å². The van der Waals surface area contributed by atoms with E-state index in [1.54, 1.807) is 25.6 Å². The van der Waals surface area contributed by atoms with Gasteiger partial charge in [-0.05, 0) is 31.0 Å². The number of ether oxygens (including phenoxy) is 2. The fraction of sp³-hybridized carbons (Fsp3) is 0.444. The van der Waals surface area contributed by atoms with Crippen LogP contribution < -0.4 is 20.1 Å². The van der Waals surface area contributed by atoms with Crippen LogP contribution in [0.5, 0.6) is 11.5 Å². The van der Waals surface area contributed by atoms with Crippen molar-refractivity contribution in [1.29, 1.82) is 0 Å². The molecule has 1 heterocycles. The number of thiazole rings is 1. The zero-order valence-electron chi connectivity index (χ0n) is 15.7. The summed E-state index contributed by atoms with van der Waals surface area (Å²) in [6.07, 6.45) is 0.970. The van der Waals surface area contributed by atoms with Crippen LogP contribution in [0.15, 0.2) is 28.6 Å². The molecule has 1 aromatic carbocycles. The molecule has 2 rings (SSSR count). The molecule has 0 spiro atoms. The Kier molecular flexibility index (Phi) is 10.3. The summed E-state index contributed by atoms with van der Waals surface area (Å²) in [4.78, 5) is 9.19. The third kappa shape index (κ3) is 6.64. The molecule has 0 aliphatic carbocycles. The van der Waals surface area contributed by atoms with E-state index in [4.69, 9.17) is 9.47 Å². The quantitative estimate of drug-likeness (QED) is 0.336. The highest BCUT2D eigenvalue weighted by atomic mass is 127. The van der Waals surface area contributed by atoms with Gasteiger partial charge in [-0.15, -0.1) is 35.3 Å². The Morgan fingerprint density at radius 2 is 1.92 bits per heavy atom. The van der Waals surface area contributed by atoms with Crippen LogP contribution in [-0.4, -0.2) is 31.7 Å². The maximum Gasteiger partial charge on any atom is 0.191 e. The molecule has 0 saturated heterocycles. The molecule has 6 nitrogen and oxygen atoms in total. The fourth-order valence-corrected chi connectivity index (χ4v) is 3.00. The van der Waals surface area contributed by atoms with Crippen LogP contribution in [0, 0.1) is 0 Å². The van der Waals surface area contributed by atoms with E-state index >= 15 is 0 Å². The number of hydrogen-bond donors (Lipinski definition) is 2. The number of aryl methyl sites for hydroxylation is 1. The van der Waals surface area contributed by atoms with E-state index in [-0.39, 0.29) is 24.0 Å². The lowest BCUT2D eigenvalue weighted by atomic mass is 10.2. The summed E-state index contributed by atoms with van der Waals surface area (Å²) in [6.45, 7) is 6.17. The van der Waals surface area contributed by atoms with Gasteiger partial charge >= 0.3 is 0 Å². The van der Waals surface area contributed by atoms with Crippen molar-refractivity contribution in [3.63, 3.8) is 0 Å². The van der Waals surface area contributed by atoms with Crippen molar-refractivity contribution in [3.8, 4) is 11.5 Å². The summed E-state index contributed by atoms with van der Waals surface area (Å²) in [6, 6.07) is 5.83. The Morgan fingerprint density at radius 3 is 2.54 bits per heavy atom. The first-order chi connectivity index (χ1) is 12.2. The van der Waals surface area contributed by atoms with Crippen LogP contribution >= 0.6 is 35.3 Å². The van der Waals surface area contributed by atoms with Crippen molar-refractivity contribution < 1.29 is 9.47 Å². The van der Waals surface area contributed by atoms with Gasteiger partial charge in [0.15, 0.2) is 17.5 Å². The highest BCUT2D eigenvalue weighted by molar-refractivity contribution is 14.0. The number of guanidine groups is 1. The van der Waals surface area contributed by atoms with Gasteiger partial charge in [-0.1, -0.05) is 13.0 Å². The zero-order valence-corrected chi connectivity index (χ0v) is 18.8. The molecule has 0 atom stereocenters. The second-order valence-corrected chi connectivity index (χ2v) is 6.27. The van der Waals surface area contributed by atoms with Crippen LogP contribution in [0.1, 0.15) is 30.1 Å². The predicted molar refractivity (Wildman–Crippen MR) is 118 cm³/mol. The molecule has 2 aromatic rings. The van der Waals surface area contributed by atoms with E-state index < -0.39 is 0 Å². The van der Waals surface area contributed by atoms with Crippen LogP contribution in [-0.2, 0) is 19.5 Å². The van der Waals surface area contributed by atoms with E-state index in [0.717, 1.165) is 40.9 Å². The fourth-order valence-electron chi connectivity index (χ4n) is 2.26. The topological polar surface area (TPSA) is 67.8 Å². The normalized spacial score (nSPS) is 10.8. The minimum atomic E-state index is 0. The second kappa shape index (κ2) is 11.9. The zero-order chi connectivity index (χ0) is 18.1. The van der Waals surface area contributed by atoms with Gasteiger partial charge in [-0.2, -0.15) is 0 Å². The van der Waals surface area contributed by atoms with Crippen molar-refractivity contribution >= 4 is 41.3 Å². The monoisotopic (exact) mass is 490 g/mol. The van der Waals surface area contributed by atoms with Crippen LogP contribution in [0.25, 0.3) is 0 Å². The number of aliphatic imine (C=N–C) groups is 1. The summed E-state index contributed by atoms with van der Waals surface area (Å²) in [5, 5.41) is 9.82. The minimum Gasteiger partial charge on any atom is -0.493 e. The highest BCUT2D eigenvalue weighted by Crippen LogP contribution is 2.27. The van der Waals surface area contributed by atoms with Gasteiger partial charge in [0.2, 0.25) is 0 Å².